The predicted molar refractivity (Wildman–Crippen MR) is 166 cm³/mol. The normalized spacial score (nSPS) is 12.3. The van der Waals surface area contributed by atoms with E-state index in [9.17, 15) is 46.1 Å². The van der Waals surface area contributed by atoms with Crippen LogP contribution in [0.1, 0.15) is 31.1 Å². The Balaban J connectivity index is 1.78. The van der Waals surface area contributed by atoms with E-state index in [0.717, 1.165) is 46.0 Å². The van der Waals surface area contributed by atoms with Crippen molar-refractivity contribution in [1.29, 1.82) is 0 Å². The first-order chi connectivity index (χ1) is 19.9. The zero-order chi connectivity index (χ0) is 32.3. The van der Waals surface area contributed by atoms with Crippen molar-refractivity contribution in [2.45, 2.75) is 12.3 Å². The lowest BCUT2D eigenvalue weighted by atomic mass is 10.2. The highest BCUT2D eigenvalue weighted by Gasteiger charge is 2.45. The van der Waals surface area contributed by atoms with E-state index in [1.807, 2.05) is 67.8 Å². The van der Waals surface area contributed by atoms with Gasteiger partial charge >= 0.3 is 29.8 Å². The van der Waals surface area contributed by atoms with Gasteiger partial charge in [-0.3, -0.25) is 14.7 Å². The van der Waals surface area contributed by atoms with Crippen LogP contribution < -0.4 is 9.47 Å². The zero-order valence-corrected chi connectivity index (χ0v) is 27.9. The summed E-state index contributed by atoms with van der Waals surface area (Å²) in [4.78, 5) is 48.4. The summed E-state index contributed by atoms with van der Waals surface area (Å²) in [7, 11) is -5.14. The minimum atomic E-state index is -5.30. The largest absolute Gasteiger partial charge is 0.448 e. The van der Waals surface area contributed by atoms with Gasteiger partial charge in [-0.05, 0) is 110 Å². The summed E-state index contributed by atoms with van der Waals surface area (Å²) in [6.45, 7) is 0. The molecule has 1 unspecified atom stereocenters. The molecule has 0 saturated carbocycles. The van der Waals surface area contributed by atoms with Gasteiger partial charge in [-0.2, -0.15) is 21.6 Å². The van der Waals surface area contributed by atoms with Crippen LogP contribution in [-0.2, 0) is 14.9 Å². The van der Waals surface area contributed by atoms with E-state index >= 15 is 0 Å². The molecule has 0 aliphatic rings. The highest BCUT2D eigenvalue weighted by molar-refractivity contribution is 14.1. The maximum atomic E-state index is 13.0. The maximum Gasteiger partial charge on any atom is 0.426 e. The molecule has 0 amide bonds. The van der Waals surface area contributed by atoms with Crippen LogP contribution in [0.2, 0.25) is 0 Å². The van der Waals surface area contributed by atoms with Gasteiger partial charge in [0.05, 0.1) is 21.6 Å². The number of rotatable bonds is 9. The van der Waals surface area contributed by atoms with Crippen molar-refractivity contribution in [1.82, 2.24) is 0 Å². The number of alkyl halides is 3. The second kappa shape index (κ2) is 14.0. The first kappa shape index (κ1) is 34.8. The Kier molecular flexibility index (Phi) is 11.3. The summed E-state index contributed by atoms with van der Waals surface area (Å²) >= 11 is 5.91. The molecule has 0 saturated heterocycles. The van der Waals surface area contributed by atoms with Crippen molar-refractivity contribution in [3.8, 4) is 11.5 Å². The van der Waals surface area contributed by atoms with Crippen LogP contribution in [0.15, 0.2) is 54.6 Å². The molecule has 228 valence electrons. The molecule has 3 aromatic carbocycles. The Bertz CT molecular complexity index is 1720. The van der Waals surface area contributed by atoms with Crippen molar-refractivity contribution < 1.29 is 59.7 Å². The number of halogens is 6. The fourth-order valence-corrected chi connectivity index (χ4v) is 6.16. The van der Waals surface area contributed by atoms with Gasteiger partial charge < -0.3 is 14.2 Å². The number of ether oxygens (including phenoxy) is 3. The van der Waals surface area contributed by atoms with E-state index in [1.54, 1.807) is 6.07 Å². The van der Waals surface area contributed by atoms with Gasteiger partial charge in [0.1, 0.15) is 11.5 Å². The van der Waals surface area contributed by atoms with Crippen molar-refractivity contribution in [2.75, 3.05) is 5.75 Å². The zero-order valence-electron chi connectivity index (χ0n) is 20.6. The summed E-state index contributed by atoms with van der Waals surface area (Å²) < 4.78 is 86.1. The predicted octanol–water partition coefficient (Wildman–Crippen LogP) is 5.82. The molecule has 0 radical (unpaired) electrons. The lowest BCUT2D eigenvalue weighted by Crippen LogP contribution is -2.39. The number of hydrogen-bond acceptors (Lipinski definition) is 10. The van der Waals surface area contributed by atoms with E-state index in [0.29, 0.717) is 7.14 Å². The van der Waals surface area contributed by atoms with Crippen LogP contribution in [0, 0.1) is 20.8 Å². The van der Waals surface area contributed by atoms with Crippen molar-refractivity contribution in [2.24, 2.45) is 0 Å². The molecule has 12 nitrogen and oxygen atoms in total. The van der Waals surface area contributed by atoms with Crippen LogP contribution in [0.4, 0.5) is 18.9 Å². The van der Waals surface area contributed by atoms with Gasteiger partial charge in [0, 0.05) is 22.8 Å². The van der Waals surface area contributed by atoms with Crippen molar-refractivity contribution in [3.05, 3.63) is 92.1 Å². The van der Waals surface area contributed by atoms with Crippen LogP contribution in [0.3, 0.4) is 0 Å². The highest BCUT2D eigenvalue weighted by atomic mass is 127. The number of esters is 3. The van der Waals surface area contributed by atoms with Gasteiger partial charge in [-0.25, -0.2) is 14.4 Å². The van der Waals surface area contributed by atoms with E-state index in [1.165, 1.54) is 6.07 Å². The summed E-state index contributed by atoms with van der Waals surface area (Å²) in [5.74, 6) is -6.24. The van der Waals surface area contributed by atoms with Gasteiger partial charge in [-0.15, -0.1) is 0 Å². The topological polar surface area (TPSA) is 176 Å². The molecule has 19 heteroatoms. The second-order valence-electron chi connectivity index (χ2n) is 8.18. The third-order valence-electron chi connectivity index (χ3n) is 5.08. The van der Waals surface area contributed by atoms with E-state index in [4.69, 9.17) is 14.0 Å². The monoisotopic (exact) mass is 961 g/mol. The summed E-state index contributed by atoms with van der Waals surface area (Å²) in [5, 5.41) is 11.5. The number of benzene rings is 3. The Morgan fingerprint density at radius 3 is 2.07 bits per heavy atom. The number of nitrogens with zero attached hydrogens (tertiary/aromatic N) is 1. The quantitative estimate of drug-likeness (QED) is 0.0520. The Morgan fingerprint density at radius 1 is 0.907 bits per heavy atom. The smallest absolute Gasteiger partial charge is 0.426 e. The standard InChI is InChI=1S/C24H13F3I3NO11S/c25-24(26,27)19(10-43(37,38)39)42-21(32)11-1-4-14(5-2-11)40-22(33)12-3-6-17(31(35)36)18(7-12)41-23(34)15-8-13(28)9-16(29)20(15)30/h1-9,19H,10H2,(H,37,38,39). The first-order valence-electron chi connectivity index (χ1n) is 11.1. The molecule has 0 bridgehead atoms. The summed E-state index contributed by atoms with van der Waals surface area (Å²) in [6.07, 6.45) is -8.44. The van der Waals surface area contributed by atoms with Crippen molar-refractivity contribution in [3.63, 3.8) is 0 Å². The number of carbonyl (C=O) groups is 3. The third kappa shape index (κ3) is 9.67. The van der Waals surface area contributed by atoms with Gasteiger partial charge in [0.2, 0.25) is 11.9 Å². The molecular weight excluding hydrogens is 948 g/mol. The molecule has 1 N–H and O–H groups in total. The average Bonchev–Trinajstić information content (AvgIpc) is 2.89. The number of nitro benzene ring substituents is 1. The molecule has 0 aliphatic carbocycles. The molecule has 3 aromatic rings. The van der Waals surface area contributed by atoms with Crippen LogP contribution >= 0.6 is 67.8 Å². The van der Waals surface area contributed by atoms with Crippen LogP contribution in [-0.4, -0.2) is 53.8 Å². The lowest BCUT2D eigenvalue weighted by Gasteiger charge is -2.19. The molecule has 0 heterocycles. The molecule has 0 spiro atoms. The summed E-state index contributed by atoms with van der Waals surface area (Å²) in [6, 6.07) is 10.0. The molecule has 3 rings (SSSR count). The maximum absolute atomic E-state index is 13.0. The number of hydrogen-bond donors (Lipinski definition) is 1. The van der Waals surface area contributed by atoms with Crippen LogP contribution in [0.5, 0.6) is 11.5 Å². The van der Waals surface area contributed by atoms with E-state index < -0.39 is 68.0 Å². The summed E-state index contributed by atoms with van der Waals surface area (Å²) in [5.41, 5.74) is -1.23. The Morgan fingerprint density at radius 2 is 1.51 bits per heavy atom. The second-order valence-corrected chi connectivity index (χ2v) is 13.2. The molecule has 1 atom stereocenters. The van der Waals surface area contributed by atoms with Crippen LogP contribution in [0.25, 0.3) is 0 Å². The van der Waals surface area contributed by atoms with E-state index in [2.05, 4.69) is 4.74 Å². The Hall–Kier alpha value is -2.64. The van der Waals surface area contributed by atoms with Gasteiger partial charge in [0.25, 0.3) is 10.1 Å². The molecule has 0 fully saturated rings. The SMILES string of the molecule is O=C(Oc1ccc(C(=O)OC(CS(=O)(=O)O)C(F)(F)F)cc1)c1ccc([N+](=O)[O-])c(OC(=O)c2cc(I)cc(I)c2I)c1. The molecular formula is C24H13F3I3NO11S. The molecule has 43 heavy (non-hydrogen) atoms. The minimum absolute atomic E-state index is 0.136. The highest BCUT2D eigenvalue weighted by Crippen LogP contribution is 2.31. The van der Waals surface area contributed by atoms with Crippen molar-refractivity contribution >= 4 is 101 Å². The molecule has 0 aromatic heterocycles. The first-order valence-corrected chi connectivity index (χ1v) is 15.9. The molecule has 0 aliphatic heterocycles. The number of carbonyl (C=O) groups excluding carboxylic acids is 3. The minimum Gasteiger partial charge on any atom is -0.448 e. The lowest BCUT2D eigenvalue weighted by molar-refractivity contribution is -0.385. The van der Waals surface area contributed by atoms with Gasteiger partial charge in [0.15, 0.2) is 0 Å². The fourth-order valence-electron chi connectivity index (χ4n) is 3.14. The fraction of sp³-hybridized carbons (Fsp3) is 0.125. The Labute approximate surface area is 280 Å². The van der Waals surface area contributed by atoms with E-state index in [-0.39, 0.29) is 16.9 Å². The average molecular weight is 961 g/mol. The van der Waals surface area contributed by atoms with Gasteiger partial charge in [-0.1, -0.05) is 0 Å². The third-order valence-corrected chi connectivity index (χ3v) is 9.48. The number of nitro groups is 1.